The molecule has 1 aromatic heterocycles. The first-order valence-electron chi connectivity index (χ1n) is 14.4. The van der Waals surface area contributed by atoms with Gasteiger partial charge in [0.25, 0.3) is 5.97 Å². The van der Waals surface area contributed by atoms with E-state index < -0.39 is 5.97 Å². The van der Waals surface area contributed by atoms with Crippen LogP contribution in [0.1, 0.15) is 67.9 Å². The molecule has 4 aromatic carbocycles. The van der Waals surface area contributed by atoms with Crippen LogP contribution in [0.5, 0.6) is 0 Å². The van der Waals surface area contributed by atoms with Crippen molar-refractivity contribution in [2.75, 3.05) is 5.32 Å². The first-order chi connectivity index (χ1) is 19.5. The lowest BCUT2D eigenvalue weighted by Gasteiger charge is -2.05. The third kappa shape index (κ3) is 14.7. The third-order valence-corrected chi connectivity index (χ3v) is 4.69. The Kier molecular flexibility index (Phi) is 23.8. The maximum absolute atomic E-state index is 9.00. The van der Waals surface area contributed by atoms with Gasteiger partial charge in [0.1, 0.15) is 0 Å². The molecule has 0 aliphatic rings. The van der Waals surface area contributed by atoms with Crippen molar-refractivity contribution < 1.29 is 9.90 Å². The molecule has 0 radical (unpaired) electrons. The zero-order valence-corrected chi connectivity index (χ0v) is 26.2. The number of aryl methyl sites for hydroxylation is 1. The van der Waals surface area contributed by atoms with Gasteiger partial charge in [0, 0.05) is 29.1 Å². The third-order valence-electron chi connectivity index (χ3n) is 4.69. The van der Waals surface area contributed by atoms with E-state index in [1.165, 1.54) is 16.3 Å². The number of nitrogens with one attached hydrogen (secondary N) is 1. The molecule has 5 rings (SSSR count). The topological polar surface area (TPSA) is 62.2 Å². The minimum Gasteiger partial charge on any atom is -0.481 e. The van der Waals surface area contributed by atoms with Crippen LogP contribution in [0.4, 0.5) is 11.4 Å². The van der Waals surface area contributed by atoms with Crippen molar-refractivity contribution in [1.29, 1.82) is 0 Å². The summed E-state index contributed by atoms with van der Waals surface area (Å²) < 4.78 is 0. The molecule has 0 unspecified atom stereocenters. The lowest BCUT2D eigenvalue weighted by atomic mass is 10.0. The number of fused-ring (bicyclic) bond motifs is 2. The molecule has 0 aliphatic heterocycles. The number of benzene rings is 4. The van der Waals surface area contributed by atoms with Crippen LogP contribution in [-0.4, -0.2) is 16.1 Å². The molecule has 0 spiro atoms. The van der Waals surface area contributed by atoms with Crippen LogP contribution in [0.2, 0.25) is 0 Å². The van der Waals surface area contributed by atoms with E-state index in [0.29, 0.717) is 0 Å². The fourth-order valence-electron chi connectivity index (χ4n) is 3.26. The van der Waals surface area contributed by atoms with Gasteiger partial charge in [0.05, 0.1) is 11.0 Å². The Bertz CT molecular complexity index is 1190. The molecule has 0 saturated heterocycles. The summed E-state index contributed by atoms with van der Waals surface area (Å²) in [6, 6.07) is 36.9. The van der Waals surface area contributed by atoms with Crippen molar-refractivity contribution >= 4 is 39.1 Å². The van der Waals surface area contributed by atoms with E-state index in [-0.39, 0.29) is 0 Å². The first-order valence-corrected chi connectivity index (χ1v) is 14.4. The molecule has 0 saturated carbocycles. The highest BCUT2D eigenvalue weighted by Gasteiger charge is 2.03. The van der Waals surface area contributed by atoms with Crippen LogP contribution < -0.4 is 5.32 Å². The zero-order valence-electron chi connectivity index (χ0n) is 26.2. The average molecular weight is 543 g/mol. The molecular formula is C36H50N2O2. The van der Waals surface area contributed by atoms with E-state index in [9.17, 15) is 0 Å². The van der Waals surface area contributed by atoms with Gasteiger partial charge in [-0.2, -0.15) is 0 Å². The number of carboxylic acids is 1. The summed E-state index contributed by atoms with van der Waals surface area (Å²) in [5, 5.41) is 13.2. The van der Waals surface area contributed by atoms with Crippen LogP contribution in [-0.2, 0) is 4.79 Å². The number of nitrogens with zero attached hydrogens (tertiary/aromatic N) is 1. The van der Waals surface area contributed by atoms with Gasteiger partial charge in [0.2, 0.25) is 0 Å². The molecule has 4 nitrogen and oxygen atoms in total. The number of pyridine rings is 1. The zero-order chi connectivity index (χ0) is 30.8. The number of rotatable bonds is 2. The molecule has 1 heterocycles. The van der Waals surface area contributed by atoms with Gasteiger partial charge in [-0.25, -0.2) is 4.98 Å². The second-order valence-electron chi connectivity index (χ2n) is 7.15. The number of hydrogen-bond donors (Lipinski definition) is 2. The maximum atomic E-state index is 9.00. The highest BCUT2D eigenvalue weighted by atomic mass is 16.4. The first kappa shape index (κ1) is 38.0. The van der Waals surface area contributed by atoms with E-state index in [0.717, 1.165) is 29.3 Å². The van der Waals surface area contributed by atoms with Crippen LogP contribution >= 0.6 is 0 Å². The van der Waals surface area contributed by atoms with Crippen molar-refractivity contribution in [2.24, 2.45) is 0 Å². The average Bonchev–Trinajstić information content (AvgIpc) is 3.02. The Hall–Kier alpha value is -4.18. The smallest absolute Gasteiger partial charge is 0.300 e. The van der Waals surface area contributed by atoms with Gasteiger partial charge in [0.15, 0.2) is 0 Å². The molecule has 0 atom stereocenters. The second-order valence-corrected chi connectivity index (χ2v) is 7.15. The highest BCUT2D eigenvalue weighted by molar-refractivity contribution is 5.96. The normalized spacial score (nSPS) is 8.45. The van der Waals surface area contributed by atoms with Gasteiger partial charge < -0.3 is 10.4 Å². The quantitative estimate of drug-likeness (QED) is 0.218. The van der Waals surface area contributed by atoms with Gasteiger partial charge in [-0.15, -0.1) is 0 Å². The molecule has 0 aliphatic carbocycles. The van der Waals surface area contributed by atoms with E-state index in [1.807, 2.05) is 128 Å². The minimum absolute atomic E-state index is 0.833. The molecule has 0 fully saturated rings. The summed E-state index contributed by atoms with van der Waals surface area (Å²) in [7, 11) is 0. The standard InChI is InChI=1S/C14H11N.C12H11N.C2H4O2.4C2H6/c1-10-11-6-2-4-8-13(11)15-14-9-5-3-7-12(10)14;1-3-7-11(8-4-1)13-12-9-5-2-6-10-12;1-2(3)4;4*1-2/h2-9H,1H3;1-10,13H;1H3,(H,3,4);4*1-2H3. The number of anilines is 2. The van der Waals surface area contributed by atoms with Gasteiger partial charge in [-0.05, 0) is 48.9 Å². The van der Waals surface area contributed by atoms with Gasteiger partial charge in [-0.1, -0.05) is 128 Å². The minimum atomic E-state index is -0.833. The van der Waals surface area contributed by atoms with Crippen LogP contribution in [0.15, 0.2) is 109 Å². The second kappa shape index (κ2) is 25.1. The Morgan fingerprint density at radius 1 is 0.550 bits per heavy atom. The number of hydrogen-bond acceptors (Lipinski definition) is 3. The summed E-state index contributed by atoms with van der Waals surface area (Å²) in [5.74, 6) is -0.833. The van der Waals surface area contributed by atoms with E-state index in [2.05, 4.69) is 53.6 Å². The Morgan fingerprint density at radius 2 is 0.825 bits per heavy atom. The fraction of sp³-hybridized carbons (Fsp3) is 0.278. The van der Waals surface area contributed by atoms with E-state index in [1.54, 1.807) is 0 Å². The van der Waals surface area contributed by atoms with Crippen LogP contribution in [0, 0.1) is 6.92 Å². The largest absolute Gasteiger partial charge is 0.481 e. The predicted octanol–water partition coefficient (Wildman–Crippen LogP) is 11.3. The van der Waals surface area contributed by atoms with E-state index >= 15 is 0 Å². The summed E-state index contributed by atoms with van der Waals surface area (Å²) in [5.41, 5.74) is 5.71. The van der Waals surface area contributed by atoms with Gasteiger partial charge >= 0.3 is 0 Å². The number of carbonyl (C=O) groups is 1. The van der Waals surface area contributed by atoms with Crippen LogP contribution in [0.25, 0.3) is 21.8 Å². The molecule has 40 heavy (non-hydrogen) atoms. The van der Waals surface area contributed by atoms with Crippen molar-refractivity contribution in [3.05, 3.63) is 115 Å². The SMILES string of the molecule is CC.CC.CC.CC.CC(=O)O.Cc1c2ccccc2nc2ccccc12.c1ccc(Nc2ccccc2)cc1. The molecule has 5 aromatic rings. The number of para-hydroxylation sites is 4. The lowest BCUT2D eigenvalue weighted by molar-refractivity contribution is -0.134. The molecule has 0 amide bonds. The summed E-state index contributed by atoms with van der Waals surface area (Å²) in [6.45, 7) is 19.2. The molecule has 4 heteroatoms. The Morgan fingerprint density at radius 3 is 1.15 bits per heavy atom. The summed E-state index contributed by atoms with van der Waals surface area (Å²) in [4.78, 5) is 13.6. The Labute approximate surface area is 243 Å². The lowest BCUT2D eigenvalue weighted by Crippen LogP contribution is -1.87. The maximum Gasteiger partial charge on any atom is 0.300 e. The molecule has 2 N–H and O–H groups in total. The van der Waals surface area contributed by atoms with Crippen molar-refractivity contribution in [1.82, 2.24) is 4.98 Å². The molecular weight excluding hydrogens is 492 g/mol. The molecule has 216 valence electrons. The highest BCUT2D eigenvalue weighted by Crippen LogP contribution is 2.24. The van der Waals surface area contributed by atoms with Crippen molar-refractivity contribution in [3.63, 3.8) is 0 Å². The number of aromatic nitrogens is 1. The monoisotopic (exact) mass is 542 g/mol. The number of aliphatic carboxylic acids is 1. The Balaban J connectivity index is 0. The molecule has 0 bridgehead atoms. The number of carboxylic acid groups (broad SMARTS) is 1. The summed E-state index contributed by atoms with van der Waals surface area (Å²) >= 11 is 0. The van der Waals surface area contributed by atoms with Crippen molar-refractivity contribution in [2.45, 2.75) is 69.2 Å². The van der Waals surface area contributed by atoms with Gasteiger partial charge in [-0.3, -0.25) is 4.79 Å². The van der Waals surface area contributed by atoms with Crippen molar-refractivity contribution in [3.8, 4) is 0 Å². The van der Waals surface area contributed by atoms with Crippen LogP contribution in [0.3, 0.4) is 0 Å². The van der Waals surface area contributed by atoms with E-state index in [4.69, 9.17) is 9.90 Å². The fourth-order valence-corrected chi connectivity index (χ4v) is 3.26. The summed E-state index contributed by atoms with van der Waals surface area (Å²) in [6.07, 6.45) is 0. The predicted molar refractivity (Wildman–Crippen MR) is 179 cm³/mol.